The molecule has 0 spiro atoms. The second kappa shape index (κ2) is 7.69. The summed E-state index contributed by atoms with van der Waals surface area (Å²) in [6.45, 7) is 3.00. The average Bonchev–Trinajstić information content (AvgIpc) is 2.52. The highest BCUT2D eigenvalue weighted by molar-refractivity contribution is 5.30. The van der Waals surface area contributed by atoms with E-state index in [0.717, 1.165) is 24.1 Å². The maximum atomic E-state index is 13.8. The van der Waals surface area contributed by atoms with Crippen LogP contribution in [0.25, 0.3) is 0 Å². The van der Waals surface area contributed by atoms with Gasteiger partial charge < -0.3 is 10.1 Å². The Hall–Kier alpha value is -2.01. The van der Waals surface area contributed by atoms with Crippen LogP contribution in [-0.4, -0.2) is 23.6 Å². The molecule has 1 atom stereocenters. The van der Waals surface area contributed by atoms with E-state index in [-0.39, 0.29) is 17.6 Å². The van der Waals surface area contributed by atoms with Crippen LogP contribution in [0.1, 0.15) is 30.5 Å². The van der Waals surface area contributed by atoms with Crippen LogP contribution in [0, 0.1) is 5.82 Å². The third-order valence-electron chi connectivity index (χ3n) is 3.28. The van der Waals surface area contributed by atoms with E-state index in [9.17, 15) is 4.39 Å². The SMILES string of the molecule is CCCNC(Cc1ccc(OC)c(F)c1)c1cncnc1. The lowest BCUT2D eigenvalue weighted by Gasteiger charge is -2.18. The van der Waals surface area contributed by atoms with E-state index in [1.54, 1.807) is 18.5 Å². The first-order chi connectivity index (χ1) is 10.2. The number of methoxy groups -OCH3 is 1. The molecule has 2 rings (SSSR count). The first-order valence-electron chi connectivity index (χ1n) is 7.05. The number of aromatic nitrogens is 2. The van der Waals surface area contributed by atoms with Gasteiger partial charge in [0.05, 0.1) is 7.11 Å². The van der Waals surface area contributed by atoms with Crippen molar-refractivity contribution in [3.05, 3.63) is 53.9 Å². The molecule has 2 aromatic rings. The zero-order chi connectivity index (χ0) is 15.1. The van der Waals surface area contributed by atoms with Gasteiger partial charge in [-0.05, 0) is 37.1 Å². The van der Waals surface area contributed by atoms with Gasteiger partial charge in [-0.15, -0.1) is 0 Å². The van der Waals surface area contributed by atoms with Gasteiger partial charge in [0.1, 0.15) is 6.33 Å². The Morgan fingerprint density at radius 1 is 1.29 bits per heavy atom. The topological polar surface area (TPSA) is 47.0 Å². The lowest BCUT2D eigenvalue weighted by molar-refractivity contribution is 0.386. The van der Waals surface area contributed by atoms with E-state index in [2.05, 4.69) is 22.2 Å². The van der Waals surface area contributed by atoms with Crippen LogP contribution in [0.4, 0.5) is 4.39 Å². The second-order valence-electron chi connectivity index (χ2n) is 4.85. The summed E-state index contributed by atoms with van der Waals surface area (Å²) in [5.41, 5.74) is 1.91. The van der Waals surface area contributed by atoms with Gasteiger partial charge in [0.2, 0.25) is 0 Å². The molecule has 0 radical (unpaired) electrons. The molecule has 0 aliphatic carbocycles. The third kappa shape index (κ3) is 4.23. The van der Waals surface area contributed by atoms with Crippen LogP contribution < -0.4 is 10.1 Å². The summed E-state index contributed by atoms with van der Waals surface area (Å²) in [7, 11) is 1.46. The smallest absolute Gasteiger partial charge is 0.165 e. The van der Waals surface area contributed by atoms with Gasteiger partial charge in [-0.2, -0.15) is 0 Å². The normalized spacial score (nSPS) is 12.1. The van der Waals surface area contributed by atoms with E-state index in [1.165, 1.54) is 19.5 Å². The minimum atomic E-state index is -0.339. The van der Waals surface area contributed by atoms with Crippen LogP contribution >= 0.6 is 0 Å². The van der Waals surface area contributed by atoms with Gasteiger partial charge in [-0.1, -0.05) is 13.0 Å². The Kier molecular flexibility index (Phi) is 5.63. The van der Waals surface area contributed by atoms with Crippen LogP contribution in [0.3, 0.4) is 0 Å². The number of nitrogens with zero attached hydrogens (tertiary/aromatic N) is 2. The number of hydrogen-bond donors (Lipinski definition) is 1. The van der Waals surface area contributed by atoms with E-state index in [0.29, 0.717) is 6.42 Å². The van der Waals surface area contributed by atoms with Crippen molar-refractivity contribution in [2.24, 2.45) is 0 Å². The van der Waals surface area contributed by atoms with Gasteiger partial charge in [0.15, 0.2) is 11.6 Å². The molecular formula is C16H20FN3O. The summed E-state index contributed by atoms with van der Waals surface area (Å²) in [6.07, 6.45) is 6.79. The van der Waals surface area contributed by atoms with E-state index < -0.39 is 0 Å². The molecule has 1 aromatic carbocycles. The molecule has 0 aliphatic heterocycles. The standard InChI is InChI=1S/C16H20FN3O/c1-3-6-20-15(13-9-18-11-19-10-13)8-12-4-5-16(21-2)14(17)7-12/h4-5,7,9-11,15,20H,3,6,8H2,1-2H3. The van der Waals surface area contributed by atoms with Crippen molar-refractivity contribution in [1.82, 2.24) is 15.3 Å². The van der Waals surface area contributed by atoms with Crippen molar-refractivity contribution in [2.75, 3.05) is 13.7 Å². The van der Waals surface area contributed by atoms with E-state index in [4.69, 9.17) is 4.74 Å². The Balaban J connectivity index is 2.16. The van der Waals surface area contributed by atoms with Crippen molar-refractivity contribution in [3.63, 3.8) is 0 Å². The molecular weight excluding hydrogens is 269 g/mol. The maximum Gasteiger partial charge on any atom is 0.165 e. The molecule has 5 heteroatoms. The van der Waals surface area contributed by atoms with Gasteiger partial charge >= 0.3 is 0 Å². The van der Waals surface area contributed by atoms with Crippen molar-refractivity contribution in [1.29, 1.82) is 0 Å². The third-order valence-corrected chi connectivity index (χ3v) is 3.28. The summed E-state index contributed by atoms with van der Waals surface area (Å²) in [5.74, 6) is -0.0755. The zero-order valence-electron chi connectivity index (χ0n) is 12.3. The highest BCUT2D eigenvalue weighted by Crippen LogP contribution is 2.22. The molecule has 0 bridgehead atoms. The van der Waals surface area contributed by atoms with Crippen molar-refractivity contribution in [3.8, 4) is 5.75 Å². The average molecular weight is 289 g/mol. The molecule has 0 fully saturated rings. The first-order valence-corrected chi connectivity index (χ1v) is 7.05. The highest BCUT2D eigenvalue weighted by atomic mass is 19.1. The minimum Gasteiger partial charge on any atom is -0.494 e. The molecule has 0 saturated carbocycles. The van der Waals surface area contributed by atoms with Crippen LogP contribution in [0.2, 0.25) is 0 Å². The summed E-state index contributed by atoms with van der Waals surface area (Å²) >= 11 is 0. The predicted octanol–water partition coefficient (Wildman–Crippen LogP) is 2.91. The van der Waals surface area contributed by atoms with E-state index >= 15 is 0 Å². The number of benzene rings is 1. The van der Waals surface area contributed by atoms with Gasteiger partial charge in [0.25, 0.3) is 0 Å². The number of halogens is 1. The Morgan fingerprint density at radius 2 is 2.05 bits per heavy atom. The zero-order valence-corrected chi connectivity index (χ0v) is 12.3. The molecule has 0 saturated heterocycles. The highest BCUT2D eigenvalue weighted by Gasteiger charge is 2.13. The van der Waals surface area contributed by atoms with Crippen molar-refractivity contribution in [2.45, 2.75) is 25.8 Å². The lowest BCUT2D eigenvalue weighted by Crippen LogP contribution is -2.24. The predicted molar refractivity (Wildman–Crippen MR) is 79.7 cm³/mol. The lowest BCUT2D eigenvalue weighted by atomic mass is 10.0. The maximum absolute atomic E-state index is 13.8. The fourth-order valence-corrected chi connectivity index (χ4v) is 2.19. The van der Waals surface area contributed by atoms with E-state index in [1.807, 2.05) is 6.07 Å². The quantitative estimate of drug-likeness (QED) is 0.851. The van der Waals surface area contributed by atoms with Crippen molar-refractivity contribution < 1.29 is 9.13 Å². The fraction of sp³-hybridized carbons (Fsp3) is 0.375. The molecule has 0 aliphatic rings. The summed E-state index contributed by atoms with van der Waals surface area (Å²) < 4.78 is 18.7. The molecule has 1 aromatic heterocycles. The van der Waals surface area contributed by atoms with Crippen LogP contribution in [0.5, 0.6) is 5.75 Å². The van der Waals surface area contributed by atoms with Gasteiger partial charge in [-0.3, -0.25) is 0 Å². The second-order valence-corrected chi connectivity index (χ2v) is 4.85. The Morgan fingerprint density at radius 3 is 2.67 bits per heavy atom. The summed E-state index contributed by atoms with van der Waals surface area (Å²) in [6, 6.07) is 5.12. The van der Waals surface area contributed by atoms with Crippen LogP contribution in [-0.2, 0) is 6.42 Å². The number of hydrogen-bond acceptors (Lipinski definition) is 4. The largest absolute Gasteiger partial charge is 0.494 e. The number of nitrogens with one attached hydrogen (secondary N) is 1. The summed E-state index contributed by atoms with van der Waals surface area (Å²) in [4.78, 5) is 8.11. The minimum absolute atomic E-state index is 0.0685. The summed E-state index contributed by atoms with van der Waals surface area (Å²) in [5, 5.41) is 3.45. The van der Waals surface area contributed by atoms with Crippen LogP contribution in [0.15, 0.2) is 36.9 Å². The molecule has 4 nitrogen and oxygen atoms in total. The Labute approximate surface area is 124 Å². The molecule has 112 valence electrons. The Bertz CT molecular complexity index is 563. The van der Waals surface area contributed by atoms with Crippen molar-refractivity contribution >= 4 is 0 Å². The van der Waals surface area contributed by atoms with Gasteiger partial charge in [0, 0.05) is 24.0 Å². The fourth-order valence-electron chi connectivity index (χ4n) is 2.19. The molecule has 1 heterocycles. The number of ether oxygens (including phenoxy) is 1. The monoisotopic (exact) mass is 289 g/mol. The molecule has 0 amide bonds. The van der Waals surface area contributed by atoms with Gasteiger partial charge in [-0.25, -0.2) is 14.4 Å². The first kappa shape index (κ1) is 15.4. The molecule has 1 N–H and O–H groups in total. The molecule has 1 unspecified atom stereocenters. The molecule has 21 heavy (non-hydrogen) atoms. The number of rotatable bonds is 7.